The summed E-state index contributed by atoms with van der Waals surface area (Å²) in [6.07, 6.45) is 1.38. The fourth-order valence-electron chi connectivity index (χ4n) is 2.86. The van der Waals surface area contributed by atoms with Gasteiger partial charge in [-0.2, -0.15) is 0 Å². The molecule has 2 aromatic carbocycles. The number of anilines is 1. The molecule has 0 spiro atoms. The summed E-state index contributed by atoms with van der Waals surface area (Å²) in [5, 5.41) is 9.74. The Balaban J connectivity index is 1.98. The van der Waals surface area contributed by atoms with E-state index in [9.17, 15) is 5.11 Å². The summed E-state index contributed by atoms with van der Waals surface area (Å²) >= 11 is 3.45. The molecule has 3 aromatic rings. The van der Waals surface area contributed by atoms with Crippen LogP contribution in [0.15, 0.2) is 53.3 Å². The summed E-state index contributed by atoms with van der Waals surface area (Å²) in [6, 6.07) is 13.1. The number of nitrogen functional groups attached to an aromatic ring is 1. The van der Waals surface area contributed by atoms with Crippen molar-refractivity contribution in [3.05, 3.63) is 70.0 Å². The average molecular weight is 370 g/mol. The van der Waals surface area contributed by atoms with Crippen LogP contribution in [0.1, 0.15) is 22.6 Å². The van der Waals surface area contributed by atoms with E-state index in [-0.39, 0.29) is 11.7 Å². The van der Waals surface area contributed by atoms with Gasteiger partial charge in [0.1, 0.15) is 23.6 Å². The van der Waals surface area contributed by atoms with Crippen LogP contribution in [0.4, 0.5) is 5.82 Å². The smallest absolute Gasteiger partial charge is 0.228 e. The minimum atomic E-state index is -0.149. The van der Waals surface area contributed by atoms with E-state index >= 15 is 0 Å². The van der Waals surface area contributed by atoms with Gasteiger partial charge in [0, 0.05) is 22.0 Å². The Labute approximate surface area is 140 Å². The molecule has 1 aliphatic heterocycles. The topological polar surface area (TPSA) is 81.3 Å². The lowest BCUT2D eigenvalue weighted by Crippen LogP contribution is -2.15. The maximum absolute atomic E-state index is 9.74. The lowest BCUT2D eigenvalue weighted by atomic mass is 9.83. The Morgan fingerprint density at radius 2 is 1.87 bits per heavy atom. The van der Waals surface area contributed by atoms with Crippen molar-refractivity contribution in [1.29, 1.82) is 0 Å². The molecule has 23 heavy (non-hydrogen) atoms. The van der Waals surface area contributed by atoms with Crippen LogP contribution in [0.3, 0.4) is 0 Å². The van der Waals surface area contributed by atoms with Gasteiger partial charge in [-0.3, -0.25) is 0 Å². The van der Waals surface area contributed by atoms with E-state index in [1.165, 1.54) is 6.33 Å². The maximum Gasteiger partial charge on any atom is 0.228 e. The first-order chi connectivity index (χ1) is 11.1. The van der Waals surface area contributed by atoms with Crippen LogP contribution in [0.2, 0.25) is 0 Å². The molecular weight excluding hydrogens is 358 g/mol. The lowest BCUT2D eigenvalue weighted by Gasteiger charge is -2.28. The molecule has 6 heteroatoms. The predicted octanol–water partition coefficient (Wildman–Crippen LogP) is 3.81. The Bertz CT molecular complexity index is 897. The van der Waals surface area contributed by atoms with E-state index in [0.29, 0.717) is 17.4 Å². The molecule has 0 saturated carbocycles. The molecule has 0 saturated heterocycles. The van der Waals surface area contributed by atoms with Gasteiger partial charge in [0.05, 0.1) is 5.56 Å². The molecule has 114 valence electrons. The number of nitrogens with zero attached hydrogens (tertiary/aromatic N) is 2. The number of hydrogen-bond donors (Lipinski definition) is 2. The molecule has 5 nitrogen and oxygen atoms in total. The van der Waals surface area contributed by atoms with E-state index in [1.54, 1.807) is 12.1 Å². The molecule has 3 N–H and O–H groups in total. The highest BCUT2D eigenvalue weighted by molar-refractivity contribution is 9.10. The first-order valence-corrected chi connectivity index (χ1v) is 7.79. The van der Waals surface area contributed by atoms with Gasteiger partial charge in [0.2, 0.25) is 5.88 Å². The second-order valence-corrected chi connectivity index (χ2v) is 6.20. The molecule has 2 heterocycles. The second kappa shape index (κ2) is 5.24. The molecule has 1 atom stereocenters. The van der Waals surface area contributed by atoms with Gasteiger partial charge in [-0.1, -0.05) is 34.1 Å². The number of halogens is 1. The van der Waals surface area contributed by atoms with Gasteiger partial charge < -0.3 is 15.6 Å². The summed E-state index contributed by atoms with van der Waals surface area (Å²) in [4.78, 5) is 8.30. The van der Waals surface area contributed by atoms with Crippen molar-refractivity contribution in [2.24, 2.45) is 0 Å². The van der Waals surface area contributed by atoms with Crippen molar-refractivity contribution in [1.82, 2.24) is 9.97 Å². The van der Waals surface area contributed by atoms with E-state index in [1.807, 2.05) is 30.3 Å². The highest BCUT2D eigenvalue weighted by Gasteiger charge is 2.32. The summed E-state index contributed by atoms with van der Waals surface area (Å²) in [5.74, 6) is 1.38. The summed E-state index contributed by atoms with van der Waals surface area (Å²) in [5.41, 5.74) is 8.80. The van der Waals surface area contributed by atoms with Crippen molar-refractivity contribution in [3.8, 4) is 17.4 Å². The molecule has 0 aliphatic carbocycles. The maximum atomic E-state index is 9.74. The zero-order valence-electron chi connectivity index (χ0n) is 11.9. The van der Waals surface area contributed by atoms with Crippen molar-refractivity contribution in [2.75, 3.05) is 5.73 Å². The predicted molar refractivity (Wildman–Crippen MR) is 89.7 cm³/mol. The number of hydrogen-bond acceptors (Lipinski definition) is 5. The molecule has 0 fully saturated rings. The second-order valence-electron chi connectivity index (χ2n) is 5.29. The summed E-state index contributed by atoms with van der Waals surface area (Å²) in [7, 11) is 0. The molecule has 0 bridgehead atoms. The van der Waals surface area contributed by atoms with Crippen LogP contribution in [-0.2, 0) is 0 Å². The number of fused-ring (bicyclic) bond motifs is 2. The number of aromatic hydroxyl groups is 1. The van der Waals surface area contributed by atoms with Crippen molar-refractivity contribution >= 4 is 21.7 Å². The standard InChI is InChI=1S/C17H12BrN3O2/c18-10-3-1-9(2-4-10)14-12-6-5-11(22)7-13(12)23-17-15(14)16(19)20-8-21-17/h1-8,14,22H,(H2,19,20,21). The number of ether oxygens (including phenoxy) is 1. The Kier molecular flexibility index (Phi) is 3.20. The monoisotopic (exact) mass is 369 g/mol. The van der Waals surface area contributed by atoms with E-state index in [2.05, 4.69) is 25.9 Å². The SMILES string of the molecule is Nc1ncnc2c1C(c1ccc(Br)cc1)c1ccc(O)cc1O2. The number of aromatic nitrogens is 2. The van der Waals surface area contributed by atoms with Gasteiger partial charge >= 0.3 is 0 Å². The summed E-state index contributed by atoms with van der Waals surface area (Å²) in [6.45, 7) is 0. The number of nitrogens with two attached hydrogens (primary N) is 1. The molecule has 1 aromatic heterocycles. The molecular formula is C17H12BrN3O2. The van der Waals surface area contributed by atoms with Crippen molar-refractivity contribution in [3.63, 3.8) is 0 Å². The van der Waals surface area contributed by atoms with Crippen LogP contribution in [0.5, 0.6) is 17.4 Å². The van der Waals surface area contributed by atoms with Crippen LogP contribution in [0.25, 0.3) is 0 Å². The largest absolute Gasteiger partial charge is 0.508 e. The van der Waals surface area contributed by atoms with Gasteiger partial charge in [0.25, 0.3) is 0 Å². The first-order valence-electron chi connectivity index (χ1n) is 7.00. The van der Waals surface area contributed by atoms with Gasteiger partial charge in [-0.05, 0) is 23.8 Å². The lowest BCUT2D eigenvalue weighted by molar-refractivity contribution is 0.422. The third-order valence-corrected chi connectivity index (χ3v) is 4.41. The zero-order chi connectivity index (χ0) is 16.0. The van der Waals surface area contributed by atoms with Crippen molar-refractivity contribution in [2.45, 2.75) is 5.92 Å². The first kappa shape index (κ1) is 14.0. The van der Waals surface area contributed by atoms with Gasteiger partial charge in [-0.25, -0.2) is 9.97 Å². The minimum absolute atomic E-state index is 0.142. The number of phenols is 1. The molecule has 0 amide bonds. The highest BCUT2D eigenvalue weighted by Crippen LogP contribution is 2.48. The van der Waals surface area contributed by atoms with Crippen LogP contribution in [0, 0.1) is 0 Å². The van der Waals surface area contributed by atoms with E-state index in [4.69, 9.17) is 10.5 Å². The van der Waals surface area contributed by atoms with Gasteiger partial charge in [-0.15, -0.1) is 0 Å². The number of benzene rings is 2. The van der Waals surface area contributed by atoms with E-state index in [0.717, 1.165) is 21.2 Å². The fourth-order valence-corrected chi connectivity index (χ4v) is 3.12. The number of phenolic OH excluding ortho intramolecular Hbond substituents is 1. The Morgan fingerprint density at radius 3 is 2.65 bits per heavy atom. The van der Waals surface area contributed by atoms with Crippen LogP contribution >= 0.6 is 15.9 Å². The van der Waals surface area contributed by atoms with Crippen LogP contribution in [-0.4, -0.2) is 15.1 Å². The molecule has 1 aliphatic rings. The molecule has 4 rings (SSSR count). The summed E-state index contributed by atoms with van der Waals surface area (Å²) < 4.78 is 6.81. The normalized spacial score (nSPS) is 15.4. The highest BCUT2D eigenvalue weighted by atomic mass is 79.9. The quantitative estimate of drug-likeness (QED) is 0.533. The third kappa shape index (κ3) is 2.31. The molecule has 0 radical (unpaired) electrons. The van der Waals surface area contributed by atoms with E-state index < -0.39 is 0 Å². The average Bonchev–Trinajstić information content (AvgIpc) is 2.54. The van der Waals surface area contributed by atoms with Crippen LogP contribution < -0.4 is 10.5 Å². The molecule has 1 unspecified atom stereocenters. The zero-order valence-corrected chi connectivity index (χ0v) is 13.5. The van der Waals surface area contributed by atoms with Crippen molar-refractivity contribution < 1.29 is 9.84 Å². The minimum Gasteiger partial charge on any atom is -0.508 e. The fraction of sp³-hybridized carbons (Fsp3) is 0.0588. The number of rotatable bonds is 1. The third-order valence-electron chi connectivity index (χ3n) is 3.88. The Morgan fingerprint density at radius 1 is 1.09 bits per heavy atom. The Hall–Kier alpha value is -2.60. The van der Waals surface area contributed by atoms with Gasteiger partial charge in [0.15, 0.2) is 0 Å².